The number of ether oxygens (including phenoxy) is 1. The summed E-state index contributed by atoms with van der Waals surface area (Å²) in [4.78, 5) is 12.6. The van der Waals surface area contributed by atoms with Crippen LogP contribution in [0.1, 0.15) is 21.5 Å². The van der Waals surface area contributed by atoms with E-state index < -0.39 is 0 Å². The number of carbonyl (C=O) groups excluding carboxylic acids is 1. The summed E-state index contributed by atoms with van der Waals surface area (Å²) in [6, 6.07) is 31.0. The van der Waals surface area contributed by atoms with Gasteiger partial charge in [0.15, 0.2) is 12.4 Å². The molecule has 0 atom stereocenters. The van der Waals surface area contributed by atoms with E-state index in [0.717, 1.165) is 21.9 Å². The van der Waals surface area contributed by atoms with Crippen LogP contribution in [0, 0.1) is 11.8 Å². The normalized spacial score (nSPS) is 10.1. The first-order chi connectivity index (χ1) is 13.8. The molecule has 0 N–H and O–H groups in total. The van der Waals surface area contributed by atoms with Gasteiger partial charge in [-0.25, -0.2) is 0 Å². The SMILES string of the molecule is O=C(COc1ccccc1C#Cc1ccccc1)c1ccc2ccccc2c1. The Morgan fingerprint density at radius 3 is 2.29 bits per heavy atom. The molecule has 28 heavy (non-hydrogen) atoms. The van der Waals surface area contributed by atoms with Crippen LogP contribution >= 0.6 is 0 Å². The quantitative estimate of drug-likeness (QED) is 0.354. The first-order valence-electron chi connectivity index (χ1n) is 9.10. The standard InChI is InChI=1S/C26H18O2/c27-25(24-17-16-21-10-4-5-12-23(21)18-24)19-28-26-13-7-6-11-22(26)15-14-20-8-2-1-3-9-20/h1-13,16-18H,19H2. The van der Waals surface area contributed by atoms with Gasteiger partial charge in [0, 0.05) is 11.1 Å². The van der Waals surface area contributed by atoms with Crippen LogP contribution in [0.25, 0.3) is 10.8 Å². The van der Waals surface area contributed by atoms with E-state index in [1.807, 2.05) is 97.1 Å². The van der Waals surface area contributed by atoms with E-state index in [2.05, 4.69) is 11.8 Å². The summed E-state index contributed by atoms with van der Waals surface area (Å²) in [6.07, 6.45) is 0. The van der Waals surface area contributed by atoms with Crippen LogP contribution in [-0.4, -0.2) is 12.4 Å². The molecule has 0 bridgehead atoms. The molecule has 4 aromatic rings. The molecule has 0 unspecified atom stereocenters. The molecule has 0 saturated carbocycles. The van der Waals surface area contributed by atoms with Gasteiger partial charge < -0.3 is 4.74 Å². The molecule has 0 heterocycles. The fourth-order valence-corrected chi connectivity index (χ4v) is 2.95. The molecule has 0 spiro atoms. The number of carbonyl (C=O) groups is 1. The summed E-state index contributed by atoms with van der Waals surface area (Å²) in [5.74, 6) is 6.81. The molecule has 0 amide bonds. The van der Waals surface area contributed by atoms with E-state index in [0.29, 0.717) is 11.3 Å². The Morgan fingerprint density at radius 2 is 1.43 bits per heavy atom. The zero-order valence-corrected chi connectivity index (χ0v) is 15.3. The van der Waals surface area contributed by atoms with Gasteiger partial charge in [-0.3, -0.25) is 4.79 Å². The lowest BCUT2D eigenvalue weighted by Gasteiger charge is -2.08. The predicted octanol–water partition coefficient (Wildman–Crippen LogP) is 5.50. The Labute approximate surface area is 164 Å². The van der Waals surface area contributed by atoms with Crippen molar-refractivity contribution < 1.29 is 9.53 Å². The maximum absolute atomic E-state index is 12.6. The van der Waals surface area contributed by atoms with E-state index in [1.54, 1.807) is 0 Å². The third-order valence-electron chi connectivity index (χ3n) is 4.43. The third kappa shape index (κ3) is 4.11. The summed E-state index contributed by atoms with van der Waals surface area (Å²) in [6.45, 7) is -0.0254. The summed E-state index contributed by atoms with van der Waals surface area (Å²) in [5, 5.41) is 2.16. The van der Waals surface area contributed by atoms with Gasteiger partial charge in [-0.15, -0.1) is 0 Å². The average Bonchev–Trinajstić information content (AvgIpc) is 2.77. The predicted molar refractivity (Wildman–Crippen MR) is 113 cm³/mol. The Hall–Kier alpha value is -3.83. The van der Waals surface area contributed by atoms with Crippen molar-refractivity contribution in [3.8, 4) is 17.6 Å². The van der Waals surface area contributed by atoms with Crippen LogP contribution in [0.2, 0.25) is 0 Å². The minimum absolute atomic E-state index is 0.0254. The maximum Gasteiger partial charge on any atom is 0.200 e. The van der Waals surface area contributed by atoms with Gasteiger partial charge in [-0.05, 0) is 41.1 Å². The van der Waals surface area contributed by atoms with Gasteiger partial charge in [0.05, 0.1) is 5.56 Å². The fraction of sp³-hybridized carbons (Fsp3) is 0.0385. The molecule has 0 fully saturated rings. The van der Waals surface area contributed by atoms with Crippen LogP contribution < -0.4 is 4.74 Å². The number of rotatable bonds is 4. The van der Waals surface area contributed by atoms with Crippen molar-refractivity contribution in [3.63, 3.8) is 0 Å². The van der Waals surface area contributed by atoms with Crippen molar-refractivity contribution in [1.82, 2.24) is 0 Å². The molecule has 0 aliphatic heterocycles. The molecule has 4 aromatic carbocycles. The van der Waals surface area contributed by atoms with E-state index in [1.165, 1.54) is 0 Å². The molecule has 134 valence electrons. The highest BCUT2D eigenvalue weighted by molar-refractivity contribution is 6.00. The van der Waals surface area contributed by atoms with Crippen molar-refractivity contribution in [1.29, 1.82) is 0 Å². The summed E-state index contributed by atoms with van der Waals surface area (Å²) in [7, 11) is 0. The van der Waals surface area contributed by atoms with Gasteiger partial charge in [-0.1, -0.05) is 78.6 Å². The lowest BCUT2D eigenvalue weighted by atomic mass is 10.0. The van der Waals surface area contributed by atoms with E-state index in [9.17, 15) is 4.79 Å². The number of ketones is 1. The summed E-state index contributed by atoms with van der Waals surface area (Å²) in [5.41, 5.74) is 2.34. The Kier molecular flexibility index (Phi) is 5.17. The fourth-order valence-electron chi connectivity index (χ4n) is 2.95. The van der Waals surface area contributed by atoms with Crippen molar-refractivity contribution in [2.45, 2.75) is 0 Å². The van der Waals surface area contributed by atoms with Crippen molar-refractivity contribution in [3.05, 3.63) is 114 Å². The van der Waals surface area contributed by atoms with Gasteiger partial charge in [0.2, 0.25) is 0 Å². The summed E-state index contributed by atoms with van der Waals surface area (Å²) < 4.78 is 5.80. The second-order valence-corrected chi connectivity index (χ2v) is 6.39. The van der Waals surface area contributed by atoms with Crippen molar-refractivity contribution >= 4 is 16.6 Å². The highest BCUT2D eigenvalue weighted by Gasteiger charge is 2.09. The number of Topliss-reactive ketones (excluding diaryl/α,β-unsaturated/α-hetero) is 1. The molecule has 4 rings (SSSR count). The van der Waals surface area contributed by atoms with E-state index >= 15 is 0 Å². The topological polar surface area (TPSA) is 26.3 Å². The first kappa shape index (κ1) is 17.6. The van der Waals surface area contributed by atoms with Gasteiger partial charge in [-0.2, -0.15) is 0 Å². The maximum atomic E-state index is 12.6. The minimum atomic E-state index is -0.0587. The second-order valence-electron chi connectivity index (χ2n) is 6.39. The molecule has 2 heteroatoms. The van der Waals surface area contributed by atoms with Crippen molar-refractivity contribution in [2.75, 3.05) is 6.61 Å². The molecule has 0 aliphatic rings. The van der Waals surface area contributed by atoms with Crippen LogP contribution in [0.3, 0.4) is 0 Å². The summed E-state index contributed by atoms with van der Waals surface area (Å²) >= 11 is 0. The number of fused-ring (bicyclic) bond motifs is 1. The smallest absolute Gasteiger partial charge is 0.200 e. The Morgan fingerprint density at radius 1 is 0.714 bits per heavy atom. The number of para-hydroxylation sites is 1. The van der Waals surface area contributed by atoms with E-state index in [-0.39, 0.29) is 12.4 Å². The largest absolute Gasteiger partial charge is 0.484 e. The zero-order chi connectivity index (χ0) is 19.2. The monoisotopic (exact) mass is 362 g/mol. The van der Waals surface area contributed by atoms with Crippen LogP contribution in [0.5, 0.6) is 5.75 Å². The first-order valence-corrected chi connectivity index (χ1v) is 9.10. The average molecular weight is 362 g/mol. The minimum Gasteiger partial charge on any atom is -0.484 e. The second kappa shape index (κ2) is 8.24. The Balaban J connectivity index is 1.50. The Bertz CT molecular complexity index is 1180. The van der Waals surface area contributed by atoms with Crippen LogP contribution in [-0.2, 0) is 0 Å². The van der Waals surface area contributed by atoms with Gasteiger partial charge >= 0.3 is 0 Å². The zero-order valence-electron chi connectivity index (χ0n) is 15.3. The molecule has 0 aromatic heterocycles. The molecular formula is C26H18O2. The number of hydrogen-bond donors (Lipinski definition) is 0. The highest BCUT2D eigenvalue weighted by Crippen LogP contribution is 2.19. The molecule has 0 radical (unpaired) electrons. The highest BCUT2D eigenvalue weighted by atomic mass is 16.5. The third-order valence-corrected chi connectivity index (χ3v) is 4.43. The molecule has 0 saturated heterocycles. The van der Waals surface area contributed by atoms with Crippen molar-refractivity contribution in [2.24, 2.45) is 0 Å². The lowest BCUT2D eigenvalue weighted by molar-refractivity contribution is 0.0921. The molecular weight excluding hydrogens is 344 g/mol. The van der Waals surface area contributed by atoms with Gasteiger partial charge in [0.25, 0.3) is 0 Å². The van der Waals surface area contributed by atoms with Crippen LogP contribution in [0.15, 0.2) is 97.1 Å². The van der Waals surface area contributed by atoms with Crippen LogP contribution in [0.4, 0.5) is 0 Å². The molecule has 0 aliphatic carbocycles. The van der Waals surface area contributed by atoms with Gasteiger partial charge in [0.1, 0.15) is 5.75 Å². The van der Waals surface area contributed by atoms with E-state index in [4.69, 9.17) is 4.74 Å². The molecule has 2 nitrogen and oxygen atoms in total. The lowest BCUT2D eigenvalue weighted by Crippen LogP contribution is -2.12. The number of hydrogen-bond acceptors (Lipinski definition) is 2. The number of benzene rings is 4.